The summed E-state index contributed by atoms with van der Waals surface area (Å²) in [5, 5.41) is 0. The minimum absolute atomic E-state index is 0.353. The van der Waals surface area contributed by atoms with Crippen LogP contribution in [0.25, 0.3) is 0 Å². The van der Waals surface area contributed by atoms with E-state index in [0.29, 0.717) is 6.61 Å². The van der Waals surface area contributed by atoms with Gasteiger partial charge in [-0.1, -0.05) is 12.5 Å². The molecule has 0 amide bonds. The fraction of sp³-hybridized carbons (Fsp3) is 0.600. The summed E-state index contributed by atoms with van der Waals surface area (Å²) in [4.78, 5) is 0. The molecule has 0 saturated heterocycles. The Morgan fingerprint density at radius 3 is 2.78 bits per heavy atom. The third kappa shape index (κ3) is 1.53. The lowest BCUT2D eigenvalue weighted by Crippen LogP contribution is -2.40. The summed E-state index contributed by atoms with van der Waals surface area (Å²) in [5.74, 6) is 1.59. The highest BCUT2D eigenvalue weighted by molar-refractivity contribution is 5.53. The normalized spacial score (nSPS) is 24.0. The fourth-order valence-electron chi connectivity index (χ4n) is 3.31. The van der Waals surface area contributed by atoms with E-state index in [1.165, 1.54) is 30.4 Å². The van der Waals surface area contributed by atoms with Crippen LogP contribution >= 0.6 is 0 Å². The monoisotopic (exact) mass is 246 g/mol. The molecule has 0 N–H and O–H groups in total. The molecule has 96 valence electrons. The van der Waals surface area contributed by atoms with Crippen LogP contribution < -0.4 is 9.47 Å². The Labute approximate surface area is 107 Å². The van der Waals surface area contributed by atoms with Crippen molar-refractivity contribution >= 4 is 0 Å². The molecule has 1 aromatic rings. The summed E-state index contributed by atoms with van der Waals surface area (Å²) >= 11 is 0. The Balaban J connectivity index is 1.72. The van der Waals surface area contributed by atoms with Crippen molar-refractivity contribution in [3.8, 4) is 11.5 Å². The first-order valence-corrected chi connectivity index (χ1v) is 6.97. The summed E-state index contributed by atoms with van der Waals surface area (Å²) in [5.41, 5.74) is 2.57. The molecule has 0 unspecified atom stereocenters. The van der Waals surface area contributed by atoms with Crippen LogP contribution in [0.3, 0.4) is 0 Å². The highest BCUT2D eigenvalue weighted by atomic mass is 16.7. The zero-order chi connectivity index (χ0) is 12.0. The average molecular weight is 246 g/mol. The van der Waals surface area contributed by atoms with E-state index in [0.717, 1.165) is 37.4 Å². The van der Waals surface area contributed by atoms with Gasteiger partial charge in [-0.3, -0.25) is 0 Å². The van der Waals surface area contributed by atoms with Crippen molar-refractivity contribution in [2.24, 2.45) is 0 Å². The van der Waals surface area contributed by atoms with Gasteiger partial charge in [0, 0.05) is 18.4 Å². The Morgan fingerprint density at radius 2 is 1.89 bits per heavy atom. The van der Waals surface area contributed by atoms with Gasteiger partial charge in [-0.25, -0.2) is 0 Å². The maximum absolute atomic E-state index is 6.26. The third-order valence-electron chi connectivity index (χ3n) is 4.27. The zero-order valence-electron chi connectivity index (χ0n) is 10.5. The second-order valence-corrected chi connectivity index (χ2v) is 5.51. The Bertz CT molecular complexity index is 475. The Kier molecular flexibility index (Phi) is 2.31. The number of fused-ring (bicyclic) bond motifs is 3. The van der Waals surface area contributed by atoms with Crippen molar-refractivity contribution in [3.63, 3.8) is 0 Å². The molecule has 3 nitrogen and oxygen atoms in total. The quantitative estimate of drug-likeness (QED) is 0.703. The lowest BCUT2D eigenvalue weighted by atomic mass is 9.94. The van der Waals surface area contributed by atoms with Gasteiger partial charge in [0.15, 0.2) is 11.5 Å². The third-order valence-corrected chi connectivity index (χ3v) is 4.27. The summed E-state index contributed by atoms with van der Waals surface area (Å²) in [6, 6.07) is 4.17. The van der Waals surface area contributed by atoms with Crippen molar-refractivity contribution in [2.75, 3.05) is 6.61 Å². The molecule has 1 saturated carbocycles. The van der Waals surface area contributed by atoms with Crippen LogP contribution in [0.15, 0.2) is 12.1 Å². The topological polar surface area (TPSA) is 27.7 Å². The second-order valence-electron chi connectivity index (χ2n) is 5.51. The molecule has 2 aliphatic heterocycles. The molecule has 3 aliphatic rings. The molecule has 1 fully saturated rings. The van der Waals surface area contributed by atoms with E-state index in [9.17, 15) is 0 Å². The molecule has 2 heterocycles. The molecule has 0 atom stereocenters. The van der Waals surface area contributed by atoms with Crippen LogP contribution in [0, 0.1) is 0 Å². The molecule has 0 radical (unpaired) electrons. The Morgan fingerprint density at radius 1 is 1.00 bits per heavy atom. The summed E-state index contributed by atoms with van der Waals surface area (Å²) in [6.45, 7) is 1.50. The molecule has 4 rings (SSSR count). The lowest BCUT2D eigenvalue weighted by molar-refractivity contribution is -0.105. The van der Waals surface area contributed by atoms with E-state index >= 15 is 0 Å². The van der Waals surface area contributed by atoms with Gasteiger partial charge in [0.05, 0.1) is 13.2 Å². The van der Waals surface area contributed by atoms with Crippen molar-refractivity contribution in [1.29, 1.82) is 0 Å². The lowest BCUT2D eigenvalue weighted by Gasteiger charge is -2.31. The molecule has 0 aromatic heterocycles. The largest absolute Gasteiger partial charge is 0.448 e. The molecule has 18 heavy (non-hydrogen) atoms. The maximum atomic E-state index is 6.26. The molecule has 1 spiro atoms. The predicted octanol–water partition coefficient (Wildman–Crippen LogP) is 3.19. The van der Waals surface area contributed by atoms with Gasteiger partial charge in [-0.2, -0.15) is 0 Å². The zero-order valence-corrected chi connectivity index (χ0v) is 10.5. The van der Waals surface area contributed by atoms with E-state index in [-0.39, 0.29) is 5.79 Å². The van der Waals surface area contributed by atoms with E-state index in [2.05, 4.69) is 6.07 Å². The summed E-state index contributed by atoms with van der Waals surface area (Å²) < 4.78 is 17.9. The summed E-state index contributed by atoms with van der Waals surface area (Å²) in [6.07, 6.45) is 6.70. The number of rotatable bonds is 0. The predicted molar refractivity (Wildman–Crippen MR) is 66.9 cm³/mol. The van der Waals surface area contributed by atoms with Crippen molar-refractivity contribution in [2.45, 2.75) is 50.9 Å². The number of ether oxygens (including phenoxy) is 3. The van der Waals surface area contributed by atoms with Crippen molar-refractivity contribution in [3.05, 3.63) is 23.3 Å². The van der Waals surface area contributed by atoms with Crippen LogP contribution in [0.1, 0.15) is 43.2 Å². The van der Waals surface area contributed by atoms with Gasteiger partial charge in [-0.05, 0) is 30.9 Å². The molecule has 3 heteroatoms. The van der Waals surface area contributed by atoms with Gasteiger partial charge in [0.25, 0.3) is 5.79 Å². The molecule has 0 bridgehead atoms. The first kappa shape index (κ1) is 10.7. The summed E-state index contributed by atoms with van der Waals surface area (Å²) in [7, 11) is 0. The van der Waals surface area contributed by atoms with Crippen LogP contribution in [0.5, 0.6) is 11.5 Å². The second kappa shape index (κ2) is 3.89. The van der Waals surface area contributed by atoms with Crippen molar-refractivity contribution < 1.29 is 14.2 Å². The van der Waals surface area contributed by atoms with Crippen molar-refractivity contribution in [1.82, 2.24) is 0 Å². The van der Waals surface area contributed by atoms with Crippen LogP contribution in [-0.4, -0.2) is 12.4 Å². The SMILES string of the molecule is c1cc2c(c3c1COCC3)OC1(CCCCC1)O2. The maximum Gasteiger partial charge on any atom is 0.251 e. The van der Waals surface area contributed by atoms with E-state index < -0.39 is 0 Å². The average Bonchev–Trinajstić information content (AvgIpc) is 2.78. The highest BCUT2D eigenvalue weighted by Crippen LogP contribution is 2.48. The molecular weight excluding hydrogens is 228 g/mol. The molecule has 1 aromatic carbocycles. The minimum atomic E-state index is -0.353. The smallest absolute Gasteiger partial charge is 0.251 e. The van der Waals surface area contributed by atoms with Gasteiger partial charge in [0.1, 0.15) is 0 Å². The first-order chi connectivity index (χ1) is 8.86. The fourth-order valence-corrected chi connectivity index (χ4v) is 3.31. The van der Waals surface area contributed by atoms with E-state index in [4.69, 9.17) is 14.2 Å². The molecule has 1 aliphatic carbocycles. The van der Waals surface area contributed by atoms with Gasteiger partial charge in [-0.15, -0.1) is 0 Å². The van der Waals surface area contributed by atoms with E-state index in [1.807, 2.05) is 6.07 Å². The number of hydrogen-bond donors (Lipinski definition) is 0. The highest BCUT2D eigenvalue weighted by Gasteiger charge is 2.43. The van der Waals surface area contributed by atoms with Crippen LogP contribution in [0.4, 0.5) is 0 Å². The minimum Gasteiger partial charge on any atom is -0.448 e. The van der Waals surface area contributed by atoms with Gasteiger partial charge in [0.2, 0.25) is 0 Å². The standard InChI is InChI=1S/C15H18O3/c1-2-7-15(8-3-1)17-13-5-4-11-10-16-9-6-12(11)14(13)18-15/h4-5H,1-3,6-10H2. The van der Waals surface area contributed by atoms with Crippen LogP contribution in [-0.2, 0) is 17.8 Å². The number of benzene rings is 1. The Hall–Kier alpha value is -1.22. The molecular formula is C15H18O3. The van der Waals surface area contributed by atoms with Gasteiger partial charge < -0.3 is 14.2 Å². The van der Waals surface area contributed by atoms with Gasteiger partial charge >= 0.3 is 0 Å². The first-order valence-electron chi connectivity index (χ1n) is 6.97. The van der Waals surface area contributed by atoms with Crippen LogP contribution in [0.2, 0.25) is 0 Å². The van der Waals surface area contributed by atoms with E-state index in [1.54, 1.807) is 0 Å². The number of hydrogen-bond acceptors (Lipinski definition) is 3.